The van der Waals surface area contributed by atoms with Gasteiger partial charge in [-0.25, -0.2) is 4.79 Å². The predicted octanol–water partition coefficient (Wildman–Crippen LogP) is 2.54. The molecule has 0 unspecified atom stereocenters. The number of methoxy groups -OCH3 is 1. The third kappa shape index (κ3) is 5.31. The van der Waals surface area contributed by atoms with Gasteiger partial charge in [0.25, 0.3) is 0 Å². The molecular formula is C10H14O2S. The van der Waals surface area contributed by atoms with Crippen molar-refractivity contribution < 1.29 is 9.53 Å². The predicted molar refractivity (Wildman–Crippen MR) is 57.6 cm³/mol. The monoisotopic (exact) mass is 198 g/mol. The van der Waals surface area contributed by atoms with E-state index in [1.165, 1.54) is 18.9 Å². The molecule has 72 valence electrons. The van der Waals surface area contributed by atoms with Crippen LogP contribution in [0.1, 0.15) is 6.42 Å². The van der Waals surface area contributed by atoms with Crippen LogP contribution < -0.4 is 0 Å². The molecule has 0 N–H and O–H groups in total. The SMILES string of the molecule is C=CCS/C=C(/CC=C)C(=O)OC. The van der Waals surface area contributed by atoms with Crippen LogP contribution in [-0.4, -0.2) is 18.8 Å². The molecule has 0 fully saturated rings. The molecule has 0 bridgehead atoms. The van der Waals surface area contributed by atoms with Gasteiger partial charge in [0.05, 0.1) is 7.11 Å². The van der Waals surface area contributed by atoms with E-state index in [0.717, 1.165) is 5.75 Å². The molecule has 0 saturated heterocycles. The Kier molecular flexibility index (Phi) is 7.11. The molecular weight excluding hydrogens is 184 g/mol. The summed E-state index contributed by atoms with van der Waals surface area (Å²) in [6.07, 6.45) is 4.00. The highest BCUT2D eigenvalue weighted by atomic mass is 32.2. The van der Waals surface area contributed by atoms with Gasteiger partial charge in [-0.05, 0) is 11.8 Å². The van der Waals surface area contributed by atoms with Crippen LogP contribution in [0.5, 0.6) is 0 Å². The highest BCUT2D eigenvalue weighted by Gasteiger charge is 2.06. The maximum absolute atomic E-state index is 11.1. The first-order valence-corrected chi connectivity index (χ1v) is 4.91. The number of allylic oxidation sites excluding steroid dienone is 1. The summed E-state index contributed by atoms with van der Waals surface area (Å²) < 4.78 is 4.60. The van der Waals surface area contributed by atoms with Gasteiger partial charge in [0.1, 0.15) is 0 Å². The van der Waals surface area contributed by atoms with E-state index in [2.05, 4.69) is 17.9 Å². The molecule has 13 heavy (non-hydrogen) atoms. The molecule has 0 saturated carbocycles. The molecule has 0 rings (SSSR count). The molecule has 0 aliphatic rings. The number of esters is 1. The van der Waals surface area contributed by atoms with Crippen molar-refractivity contribution >= 4 is 17.7 Å². The number of carbonyl (C=O) groups is 1. The van der Waals surface area contributed by atoms with Crippen molar-refractivity contribution in [2.24, 2.45) is 0 Å². The van der Waals surface area contributed by atoms with Gasteiger partial charge >= 0.3 is 5.97 Å². The van der Waals surface area contributed by atoms with Gasteiger partial charge in [0, 0.05) is 11.3 Å². The smallest absolute Gasteiger partial charge is 0.334 e. The van der Waals surface area contributed by atoms with E-state index in [1.807, 2.05) is 0 Å². The first kappa shape index (κ1) is 12.0. The molecule has 0 atom stereocenters. The average Bonchev–Trinajstić information content (AvgIpc) is 2.16. The fourth-order valence-electron chi connectivity index (χ4n) is 0.683. The van der Waals surface area contributed by atoms with Crippen molar-refractivity contribution in [1.82, 2.24) is 0 Å². The van der Waals surface area contributed by atoms with Gasteiger partial charge in [-0.1, -0.05) is 12.2 Å². The summed E-state index contributed by atoms with van der Waals surface area (Å²) in [4.78, 5) is 11.1. The molecule has 0 spiro atoms. The van der Waals surface area contributed by atoms with Crippen LogP contribution in [0.25, 0.3) is 0 Å². The van der Waals surface area contributed by atoms with E-state index in [1.54, 1.807) is 17.6 Å². The molecule has 0 aromatic carbocycles. The Balaban J connectivity index is 4.20. The van der Waals surface area contributed by atoms with Crippen LogP contribution in [0.15, 0.2) is 36.3 Å². The van der Waals surface area contributed by atoms with Crippen molar-refractivity contribution in [2.45, 2.75) is 6.42 Å². The van der Waals surface area contributed by atoms with E-state index in [0.29, 0.717) is 12.0 Å². The van der Waals surface area contributed by atoms with Crippen molar-refractivity contribution in [3.05, 3.63) is 36.3 Å². The van der Waals surface area contributed by atoms with Crippen LogP contribution in [-0.2, 0) is 9.53 Å². The minimum atomic E-state index is -0.295. The third-order valence-corrected chi connectivity index (χ3v) is 2.13. The van der Waals surface area contributed by atoms with E-state index in [9.17, 15) is 4.79 Å². The van der Waals surface area contributed by atoms with Crippen molar-refractivity contribution in [3.63, 3.8) is 0 Å². The lowest BCUT2D eigenvalue weighted by Gasteiger charge is -2.00. The quantitative estimate of drug-likeness (QED) is 0.284. The third-order valence-electron chi connectivity index (χ3n) is 1.25. The largest absolute Gasteiger partial charge is 0.466 e. The number of carbonyl (C=O) groups excluding carboxylic acids is 1. The van der Waals surface area contributed by atoms with Crippen LogP contribution in [0.4, 0.5) is 0 Å². The lowest BCUT2D eigenvalue weighted by atomic mass is 10.2. The first-order valence-electron chi connectivity index (χ1n) is 3.87. The Hall–Kier alpha value is -0.960. The number of ether oxygens (including phenoxy) is 1. The van der Waals surface area contributed by atoms with Crippen LogP contribution in [0, 0.1) is 0 Å². The van der Waals surface area contributed by atoms with E-state index < -0.39 is 0 Å². The van der Waals surface area contributed by atoms with Crippen molar-refractivity contribution in [2.75, 3.05) is 12.9 Å². The second-order valence-corrected chi connectivity index (χ2v) is 3.15. The van der Waals surface area contributed by atoms with E-state index in [-0.39, 0.29) is 5.97 Å². The first-order chi connectivity index (χ1) is 6.26. The summed E-state index contributed by atoms with van der Waals surface area (Å²) in [5, 5.41) is 1.79. The Morgan fingerprint density at radius 3 is 2.62 bits per heavy atom. The van der Waals surface area contributed by atoms with Gasteiger partial charge in [-0.3, -0.25) is 0 Å². The van der Waals surface area contributed by atoms with Gasteiger partial charge in [-0.15, -0.1) is 24.9 Å². The highest BCUT2D eigenvalue weighted by Crippen LogP contribution is 2.12. The molecule has 0 amide bonds. The minimum absolute atomic E-state index is 0.295. The minimum Gasteiger partial charge on any atom is -0.466 e. The Morgan fingerprint density at radius 2 is 2.15 bits per heavy atom. The average molecular weight is 198 g/mol. The zero-order chi connectivity index (χ0) is 10.1. The van der Waals surface area contributed by atoms with Gasteiger partial charge in [-0.2, -0.15) is 0 Å². The van der Waals surface area contributed by atoms with Crippen molar-refractivity contribution in [1.29, 1.82) is 0 Å². The summed E-state index contributed by atoms with van der Waals surface area (Å²) in [6.45, 7) is 7.15. The lowest BCUT2D eigenvalue weighted by molar-refractivity contribution is -0.136. The topological polar surface area (TPSA) is 26.3 Å². The molecule has 0 aromatic rings. The molecule has 0 aliphatic heterocycles. The second kappa shape index (κ2) is 7.68. The Labute approximate surface area is 83.4 Å². The summed E-state index contributed by atoms with van der Waals surface area (Å²) in [5.74, 6) is 0.494. The Morgan fingerprint density at radius 1 is 1.46 bits per heavy atom. The standard InChI is InChI=1S/C10H14O2S/c1-4-6-9(10(11)12-3)8-13-7-5-2/h4-5,8H,1-2,6-7H2,3H3/b9-8-. The number of thioether (sulfide) groups is 1. The summed E-state index contributed by atoms with van der Waals surface area (Å²) in [7, 11) is 1.37. The van der Waals surface area contributed by atoms with Gasteiger partial charge in [0.2, 0.25) is 0 Å². The molecule has 2 nitrogen and oxygen atoms in total. The van der Waals surface area contributed by atoms with Crippen molar-refractivity contribution in [3.8, 4) is 0 Å². The van der Waals surface area contributed by atoms with Crippen LogP contribution in [0.3, 0.4) is 0 Å². The van der Waals surface area contributed by atoms with Gasteiger partial charge < -0.3 is 4.74 Å². The normalized spacial score (nSPS) is 10.7. The van der Waals surface area contributed by atoms with Gasteiger partial charge in [0.15, 0.2) is 0 Å². The number of rotatable bonds is 6. The highest BCUT2D eigenvalue weighted by molar-refractivity contribution is 8.02. The van der Waals surface area contributed by atoms with Crippen LogP contribution in [0.2, 0.25) is 0 Å². The zero-order valence-electron chi connectivity index (χ0n) is 7.79. The fraction of sp³-hybridized carbons (Fsp3) is 0.300. The zero-order valence-corrected chi connectivity index (χ0v) is 8.60. The molecule has 0 aliphatic carbocycles. The maximum atomic E-state index is 11.1. The number of hydrogen-bond donors (Lipinski definition) is 0. The number of hydrogen-bond acceptors (Lipinski definition) is 3. The molecule has 0 radical (unpaired) electrons. The van der Waals surface area contributed by atoms with Crippen LogP contribution >= 0.6 is 11.8 Å². The Bertz CT molecular complexity index is 219. The lowest BCUT2D eigenvalue weighted by Crippen LogP contribution is -2.03. The molecule has 3 heteroatoms. The van der Waals surface area contributed by atoms with E-state index >= 15 is 0 Å². The summed E-state index contributed by atoms with van der Waals surface area (Å²) in [6, 6.07) is 0. The molecule has 0 aromatic heterocycles. The van der Waals surface area contributed by atoms with E-state index in [4.69, 9.17) is 0 Å². The maximum Gasteiger partial charge on any atom is 0.334 e. The summed E-state index contributed by atoms with van der Waals surface area (Å²) in [5.41, 5.74) is 0.629. The second-order valence-electron chi connectivity index (χ2n) is 2.25. The fourth-order valence-corrected chi connectivity index (χ4v) is 1.31. The molecule has 0 heterocycles. The summed E-state index contributed by atoms with van der Waals surface area (Å²) >= 11 is 1.52.